The minimum Gasteiger partial charge on any atom is -0.870 e. The van der Waals surface area contributed by atoms with E-state index in [9.17, 15) is 4.79 Å². The van der Waals surface area contributed by atoms with E-state index in [0.717, 1.165) is 23.5 Å². The zero-order chi connectivity index (χ0) is 9.61. The summed E-state index contributed by atoms with van der Waals surface area (Å²) in [4.78, 5) is 11.0. The Morgan fingerprint density at radius 2 is 1.62 bits per heavy atom. The molecule has 1 N–H and O–H groups in total. The first-order valence-electron chi connectivity index (χ1n) is 4.27. The fourth-order valence-electron chi connectivity index (χ4n) is 1.06. The van der Waals surface area contributed by atoms with Crippen molar-refractivity contribution in [1.29, 1.82) is 0 Å². The van der Waals surface area contributed by atoms with Crippen LogP contribution in [0.15, 0.2) is 0 Å². The molecule has 0 bridgehead atoms. The molecule has 0 spiro atoms. The highest BCUT2D eigenvalue weighted by molar-refractivity contribution is 8.08. The van der Waals surface area contributed by atoms with Gasteiger partial charge >= 0.3 is 5.30 Å². The monoisotopic (exact) mass is 209 g/mol. The van der Waals surface area contributed by atoms with Crippen molar-refractivity contribution in [2.75, 3.05) is 26.7 Å². The Morgan fingerprint density at radius 3 is 1.85 bits per heavy atom. The summed E-state index contributed by atoms with van der Waals surface area (Å²) < 4.78 is 5.36. The molecule has 0 fully saturated rings. The van der Waals surface area contributed by atoms with E-state index in [2.05, 4.69) is 25.5 Å². The quantitative estimate of drug-likeness (QED) is 0.404. The third-order valence-corrected chi connectivity index (χ3v) is 3.64. The van der Waals surface area contributed by atoms with Gasteiger partial charge in [0, 0.05) is 0 Å². The molecule has 80 valence electrons. The average Bonchev–Trinajstić information content (AvgIpc) is 2.14. The minimum absolute atomic E-state index is 0. The maximum atomic E-state index is 11.0. The van der Waals surface area contributed by atoms with Crippen molar-refractivity contribution in [2.24, 2.45) is 0 Å². The predicted molar refractivity (Wildman–Crippen MR) is 53.8 cm³/mol. The first-order valence-corrected chi connectivity index (χ1v) is 5.05. The zero-order valence-electron chi connectivity index (χ0n) is 8.74. The Bertz CT molecular complexity index is 140. The molecule has 0 atom stereocenters. The number of hydrogen-bond donors (Lipinski definition) is 0. The van der Waals surface area contributed by atoms with Crippen LogP contribution in [0.25, 0.3) is 0 Å². The Labute approximate surface area is 84.3 Å². The van der Waals surface area contributed by atoms with Crippen molar-refractivity contribution in [3.63, 3.8) is 0 Å². The first kappa shape index (κ1) is 15.2. The molecule has 0 aliphatic rings. The van der Waals surface area contributed by atoms with Crippen molar-refractivity contribution in [1.82, 2.24) is 0 Å². The third-order valence-electron chi connectivity index (χ3n) is 2.16. The van der Waals surface area contributed by atoms with Gasteiger partial charge in [-0.25, -0.2) is 4.79 Å². The number of methoxy groups -OCH3 is 1. The molecule has 0 aromatic rings. The number of ether oxygens (including phenoxy) is 1. The van der Waals surface area contributed by atoms with E-state index in [1.54, 1.807) is 0 Å². The summed E-state index contributed by atoms with van der Waals surface area (Å²) in [6, 6.07) is 0. The molecule has 5 heteroatoms. The molecular formula is C8H19NO3S. The number of nitrogens with zero attached hydrogens (tertiary/aromatic N) is 1. The Balaban J connectivity index is 0. The van der Waals surface area contributed by atoms with Gasteiger partial charge in [0.25, 0.3) is 0 Å². The van der Waals surface area contributed by atoms with Gasteiger partial charge in [-0.2, -0.15) is 0 Å². The fraction of sp³-hybridized carbons (Fsp3) is 0.875. The second-order valence-electron chi connectivity index (χ2n) is 2.55. The van der Waals surface area contributed by atoms with E-state index in [0.29, 0.717) is 0 Å². The number of carbonyl (C=O) groups excluding carboxylic acids is 1. The van der Waals surface area contributed by atoms with Gasteiger partial charge in [0.1, 0.15) is 0 Å². The van der Waals surface area contributed by atoms with Crippen molar-refractivity contribution >= 4 is 17.2 Å². The standard InChI is InChI=1S/C8H18NO2S.H2O/c1-5-9(6-2,7-3)12-8(10)11-4;/h5-7H2,1-4H3;1H2/q+1;/p-1. The fourth-order valence-corrected chi connectivity index (χ4v) is 1.84. The van der Waals surface area contributed by atoms with E-state index in [1.165, 1.54) is 19.1 Å². The van der Waals surface area contributed by atoms with Crippen LogP contribution >= 0.6 is 11.9 Å². The highest BCUT2D eigenvalue weighted by Crippen LogP contribution is 2.23. The lowest BCUT2D eigenvalue weighted by atomic mass is 10.5. The van der Waals surface area contributed by atoms with Gasteiger partial charge in [-0.05, 0) is 20.8 Å². The van der Waals surface area contributed by atoms with E-state index in [1.807, 2.05) is 0 Å². The van der Waals surface area contributed by atoms with Crippen LogP contribution in [0.4, 0.5) is 4.79 Å². The van der Waals surface area contributed by atoms with E-state index in [4.69, 9.17) is 0 Å². The normalized spacial score (nSPS) is 10.5. The number of rotatable bonds is 4. The van der Waals surface area contributed by atoms with Crippen LogP contribution in [0.3, 0.4) is 0 Å². The average molecular weight is 209 g/mol. The maximum Gasteiger partial charge on any atom is 0.424 e. The molecular weight excluding hydrogens is 190 g/mol. The second kappa shape index (κ2) is 7.17. The van der Waals surface area contributed by atoms with Crippen molar-refractivity contribution in [3.8, 4) is 0 Å². The van der Waals surface area contributed by atoms with Crippen molar-refractivity contribution in [2.45, 2.75) is 20.8 Å². The summed E-state index contributed by atoms with van der Waals surface area (Å²) in [6.07, 6.45) is 0. The largest absolute Gasteiger partial charge is 0.870 e. The maximum absolute atomic E-state index is 11.0. The SMILES string of the molecule is CC[N+](CC)(CC)SC(=O)OC.[OH-]. The van der Waals surface area contributed by atoms with Gasteiger partial charge in [-0.15, -0.1) is 0 Å². The van der Waals surface area contributed by atoms with Gasteiger partial charge in [-0.1, -0.05) is 0 Å². The van der Waals surface area contributed by atoms with Crippen LogP contribution in [0.2, 0.25) is 0 Å². The van der Waals surface area contributed by atoms with Crippen LogP contribution in [-0.2, 0) is 4.74 Å². The van der Waals surface area contributed by atoms with E-state index < -0.39 is 0 Å². The van der Waals surface area contributed by atoms with Gasteiger partial charge in [0.15, 0.2) is 11.9 Å². The van der Waals surface area contributed by atoms with Crippen LogP contribution in [0.5, 0.6) is 0 Å². The molecule has 13 heavy (non-hydrogen) atoms. The number of carbonyl (C=O) groups is 1. The van der Waals surface area contributed by atoms with E-state index in [-0.39, 0.29) is 10.8 Å². The van der Waals surface area contributed by atoms with Gasteiger partial charge in [0.2, 0.25) is 0 Å². The van der Waals surface area contributed by atoms with Crippen LogP contribution < -0.4 is 0 Å². The molecule has 0 saturated heterocycles. The lowest BCUT2D eigenvalue weighted by Crippen LogP contribution is -2.41. The summed E-state index contributed by atoms with van der Waals surface area (Å²) in [6.45, 7) is 9.11. The summed E-state index contributed by atoms with van der Waals surface area (Å²) in [7, 11) is 1.42. The molecule has 0 radical (unpaired) electrons. The Hall–Kier alpha value is -0.260. The molecule has 0 saturated carbocycles. The molecule has 0 rings (SSSR count). The Kier molecular flexibility index (Phi) is 8.40. The topological polar surface area (TPSA) is 56.3 Å². The molecule has 0 amide bonds. The second-order valence-corrected chi connectivity index (χ2v) is 3.84. The van der Waals surface area contributed by atoms with E-state index >= 15 is 0 Å². The summed E-state index contributed by atoms with van der Waals surface area (Å²) in [5.41, 5.74) is 0. The highest BCUT2D eigenvalue weighted by atomic mass is 32.2. The van der Waals surface area contributed by atoms with Crippen molar-refractivity contribution in [3.05, 3.63) is 0 Å². The number of quaternary nitrogens is 1. The molecule has 0 aliphatic carbocycles. The summed E-state index contributed by atoms with van der Waals surface area (Å²) in [5.74, 6) is 0. The zero-order valence-corrected chi connectivity index (χ0v) is 9.56. The smallest absolute Gasteiger partial charge is 0.424 e. The lowest BCUT2D eigenvalue weighted by molar-refractivity contribution is -0.788. The van der Waals surface area contributed by atoms with Gasteiger partial charge in [0.05, 0.1) is 26.7 Å². The lowest BCUT2D eigenvalue weighted by Gasteiger charge is -2.30. The molecule has 0 aliphatic heterocycles. The summed E-state index contributed by atoms with van der Waals surface area (Å²) in [5, 5.41) is -0.194. The minimum atomic E-state index is -0.194. The molecule has 0 aromatic carbocycles. The van der Waals surface area contributed by atoms with Gasteiger partial charge < -0.3 is 10.2 Å². The predicted octanol–water partition coefficient (Wildman–Crippen LogP) is 2.10. The molecule has 4 nitrogen and oxygen atoms in total. The van der Waals surface area contributed by atoms with Crippen LogP contribution in [0.1, 0.15) is 20.8 Å². The number of hydrogen-bond acceptors (Lipinski definition) is 4. The first-order chi connectivity index (χ1) is 5.64. The van der Waals surface area contributed by atoms with Crippen LogP contribution in [0, 0.1) is 0 Å². The Morgan fingerprint density at radius 1 is 1.23 bits per heavy atom. The molecule has 0 aromatic heterocycles. The third kappa shape index (κ3) is 4.50. The van der Waals surface area contributed by atoms with Gasteiger partial charge in [-0.3, -0.25) is 3.89 Å². The van der Waals surface area contributed by atoms with Crippen LogP contribution in [-0.4, -0.2) is 41.4 Å². The molecule has 0 unspecified atom stereocenters. The molecule has 0 heterocycles. The summed E-state index contributed by atoms with van der Waals surface area (Å²) >= 11 is 1.27. The highest BCUT2D eigenvalue weighted by Gasteiger charge is 2.28. The van der Waals surface area contributed by atoms with Crippen molar-refractivity contribution < 1.29 is 18.9 Å².